The number of aromatic nitrogens is 2. The summed E-state index contributed by atoms with van der Waals surface area (Å²) in [5.41, 5.74) is 0. The lowest BCUT2D eigenvalue weighted by atomic mass is 9.84. The van der Waals surface area contributed by atoms with Gasteiger partial charge in [0.05, 0.1) is 18.8 Å². The molecule has 0 aromatic carbocycles. The van der Waals surface area contributed by atoms with E-state index in [4.69, 9.17) is 9.15 Å². The number of ether oxygens (including phenoxy) is 1. The van der Waals surface area contributed by atoms with Gasteiger partial charge in [-0.25, -0.2) is 0 Å². The minimum Gasteiger partial charge on any atom is -0.424 e. The molecule has 1 saturated carbocycles. The van der Waals surface area contributed by atoms with Crippen molar-refractivity contribution in [2.45, 2.75) is 58.1 Å². The van der Waals surface area contributed by atoms with Crippen molar-refractivity contribution in [3.05, 3.63) is 11.8 Å². The van der Waals surface area contributed by atoms with Crippen LogP contribution in [0.1, 0.15) is 56.9 Å². The maximum Gasteiger partial charge on any atom is 0.233 e. The van der Waals surface area contributed by atoms with Crippen molar-refractivity contribution in [3.8, 4) is 0 Å². The number of hydrogen-bond donors (Lipinski definition) is 0. The molecule has 1 aromatic heterocycles. The van der Waals surface area contributed by atoms with Crippen molar-refractivity contribution in [2.75, 3.05) is 19.7 Å². The Kier molecular flexibility index (Phi) is 4.36. The molecule has 2 fully saturated rings. The van der Waals surface area contributed by atoms with E-state index in [1.54, 1.807) is 0 Å². The molecule has 0 bridgehead atoms. The molecule has 1 aromatic rings. The molecule has 1 aliphatic heterocycles. The Balaban J connectivity index is 1.62. The molecule has 0 spiro atoms. The molecule has 1 saturated heterocycles. The van der Waals surface area contributed by atoms with Crippen molar-refractivity contribution >= 4 is 0 Å². The highest BCUT2D eigenvalue weighted by Gasteiger charge is 2.32. The van der Waals surface area contributed by atoms with Crippen molar-refractivity contribution in [1.82, 2.24) is 15.1 Å². The average Bonchev–Trinajstić information content (AvgIpc) is 2.94. The minimum absolute atomic E-state index is 0.186. The zero-order chi connectivity index (χ0) is 13.9. The summed E-state index contributed by atoms with van der Waals surface area (Å²) in [5, 5.41) is 8.10. The fourth-order valence-electron chi connectivity index (χ4n) is 3.48. The summed E-state index contributed by atoms with van der Waals surface area (Å²) in [6.45, 7) is 6.75. The van der Waals surface area contributed by atoms with Crippen LogP contribution in [0.5, 0.6) is 0 Å². The van der Waals surface area contributed by atoms with Gasteiger partial charge in [-0.1, -0.05) is 19.3 Å². The molecule has 0 N–H and O–H groups in total. The SMILES string of the molecule is Cc1nnc(C(C)N2CCOC(C3CCCCC3)C2)o1. The summed E-state index contributed by atoms with van der Waals surface area (Å²) in [6, 6.07) is 0.186. The predicted octanol–water partition coefficient (Wildman–Crippen LogP) is 2.72. The van der Waals surface area contributed by atoms with Gasteiger partial charge >= 0.3 is 0 Å². The Bertz CT molecular complexity index is 429. The first kappa shape index (κ1) is 14.0. The third kappa shape index (κ3) is 3.04. The number of hydrogen-bond acceptors (Lipinski definition) is 5. The fraction of sp³-hybridized carbons (Fsp3) is 0.867. The van der Waals surface area contributed by atoms with Gasteiger partial charge in [0.2, 0.25) is 11.8 Å². The van der Waals surface area contributed by atoms with Crippen LogP contribution >= 0.6 is 0 Å². The number of rotatable bonds is 3. The van der Waals surface area contributed by atoms with E-state index in [2.05, 4.69) is 22.0 Å². The van der Waals surface area contributed by atoms with E-state index in [1.807, 2.05) is 6.92 Å². The van der Waals surface area contributed by atoms with Crippen molar-refractivity contribution in [2.24, 2.45) is 5.92 Å². The molecular weight excluding hydrogens is 254 g/mol. The third-order valence-electron chi connectivity index (χ3n) is 4.75. The second-order valence-electron chi connectivity index (χ2n) is 6.14. The van der Waals surface area contributed by atoms with Gasteiger partial charge in [0.25, 0.3) is 0 Å². The first-order chi connectivity index (χ1) is 9.74. The standard InChI is InChI=1S/C15H25N3O2/c1-11(15-17-16-12(2)20-15)18-8-9-19-14(10-18)13-6-4-3-5-7-13/h11,13-14H,3-10H2,1-2H3. The van der Waals surface area contributed by atoms with Crippen LogP contribution in [0, 0.1) is 12.8 Å². The quantitative estimate of drug-likeness (QED) is 0.851. The van der Waals surface area contributed by atoms with Gasteiger partial charge in [-0.15, -0.1) is 10.2 Å². The zero-order valence-corrected chi connectivity index (χ0v) is 12.5. The van der Waals surface area contributed by atoms with Crippen LogP contribution in [-0.2, 0) is 4.74 Å². The summed E-state index contributed by atoms with van der Waals surface area (Å²) in [5.74, 6) is 2.11. The van der Waals surface area contributed by atoms with E-state index in [-0.39, 0.29) is 6.04 Å². The zero-order valence-electron chi connectivity index (χ0n) is 12.5. The van der Waals surface area contributed by atoms with Gasteiger partial charge in [0.1, 0.15) is 0 Å². The van der Waals surface area contributed by atoms with Crippen LogP contribution in [-0.4, -0.2) is 40.9 Å². The summed E-state index contributed by atoms with van der Waals surface area (Å²) in [6.07, 6.45) is 7.16. The molecule has 2 atom stereocenters. The molecule has 5 nitrogen and oxygen atoms in total. The molecule has 112 valence electrons. The first-order valence-corrected chi connectivity index (χ1v) is 7.89. The van der Waals surface area contributed by atoms with Crippen molar-refractivity contribution in [3.63, 3.8) is 0 Å². The molecule has 0 radical (unpaired) electrons. The van der Waals surface area contributed by atoms with Crippen LogP contribution in [0.2, 0.25) is 0 Å². The number of morpholine rings is 1. The lowest BCUT2D eigenvalue weighted by Gasteiger charge is -2.40. The van der Waals surface area contributed by atoms with E-state index in [9.17, 15) is 0 Å². The maximum atomic E-state index is 6.03. The van der Waals surface area contributed by atoms with Gasteiger partial charge in [0.15, 0.2) is 0 Å². The van der Waals surface area contributed by atoms with Crippen LogP contribution in [0.4, 0.5) is 0 Å². The van der Waals surface area contributed by atoms with E-state index in [1.165, 1.54) is 32.1 Å². The largest absolute Gasteiger partial charge is 0.424 e. The number of aryl methyl sites for hydroxylation is 1. The lowest BCUT2D eigenvalue weighted by Crippen LogP contribution is -2.47. The topological polar surface area (TPSA) is 51.4 Å². The highest BCUT2D eigenvalue weighted by Crippen LogP contribution is 2.31. The van der Waals surface area contributed by atoms with Gasteiger partial charge in [-0.05, 0) is 25.7 Å². The molecule has 0 amide bonds. The smallest absolute Gasteiger partial charge is 0.233 e. The molecule has 3 rings (SSSR count). The van der Waals surface area contributed by atoms with Gasteiger partial charge < -0.3 is 9.15 Å². The Morgan fingerprint density at radius 3 is 2.70 bits per heavy atom. The highest BCUT2D eigenvalue weighted by atomic mass is 16.5. The third-order valence-corrected chi connectivity index (χ3v) is 4.75. The number of nitrogens with zero attached hydrogens (tertiary/aromatic N) is 3. The first-order valence-electron chi connectivity index (χ1n) is 7.89. The van der Waals surface area contributed by atoms with Crippen molar-refractivity contribution in [1.29, 1.82) is 0 Å². The second kappa shape index (κ2) is 6.22. The monoisotopic (exact) mass is 279 g/mol. The Hall–Kier alpha value is -0.940. The van der Waals surface area contributed by atoms with Crippen LogP contribution < -0.4 is 0 Å². The van der Waals surface area contributed by atoms with E-state index < -0.39 is 0 Å². The Labute approximate surface area is 120 Å². The van der Waals surface area contributed by atoms with Gasteiger partial charge in [-0.3, -0.25) is 4.90 Å². The fourth-order valence-corrected chi connectivity index (χ4v) is 3.48. The van der Waals surface area contributed by atoms with E-state index >= 15 is 0 Å². The van der Waals surface area contributed by atoms with Gasteiger partial charge in [-0.2, -0.15) is 0 Å². The van der Waals surface area contributed by atoms with E-state index in [0.29, 0.717) is 12.0 Å². The normalized spacial score (nSPS) is 27.6. The summed E-state index contributed by atoms with van der Waals surface area (Å²) >= 11 is 0. The predicted molar refractivity (Wildman–Crippen MR) is 75.3 cm³/mol. The molecule has 2 aliphatic rings. The Morgan fingerprint density at radius 1 is 1.20 bits per heavy atom. The molecule has 20 heavy (non-hydrogen) atoms. The van der Waals surface area contributed by atoms with Gasteiger partial charge in [0, 0.05) is 20.0 Å². The minimum atomic E-state index is 0.186. The van der Waals surface area contributed by atoms with Crippen LogP contribution in [0.25, 0.3) is 0 Å². The summed E-state index contributed by atoms with van der Waals surface area (Å²) in [7, 11) is 0. The second-order valence-corrected chi connectivity index (χ2v) is 6.14. The Morgan fingerprint density at radius 2 is 2.00 bits per heavy atom. The molecule has 1 aliphatic carbocycles. The van der Waals surface area contributed by atoms with Crippen LogP contribution in [0.15, 0.2) is 4.42 Å². The van der Waals surface area contributed by atoms with E-state index in [0.717, 1.165) is 31.5 Å². The van der Waals surface area contributed by atoms with Crippen molar-refractivity contribution < 1.29 is 9.15 Å². The maximum absolute atomic E-state index is 6.03. The summed E-state index contributed by atoms with van der Waals surface area (Å²) < 4.78 is 11.6. The summed E-state index contributed by atoms with van der Waals surface area (Å²) in [4.78, 5) is 2.43. The lowest BCUT2D eigenvalue weighted by molar-refractivity contribution is -0.0772. The highest BCUT2D eigenvalue weighted by molar-refractivity contribution is 4.91. The molecular formula is C15H25N3O2. The van der Waals surface area contributed by atoms with Crippen LogP contribution in [0.3, 0.4) is 0 Å². The molecule has 2 heterocycles. The average molecular weight is 279 g/mol. The molecule has 5 heteroatoms. The molecule has 2 unspecified atom stereocenters.